The van der Waals surface area contributed by atoms with Gasteiger partial charge >= 0.3 is 0 Å². The van der Waals surface area contributed by atoms with Crippen molar-refractivity contribution in [3.8, 4) is 0 Å². The number of nitrogens with zero attached hydrogens (tertiary/aromatic N) is 2. The van der Waals surface area contributed by atoms with E-state index in [-0.39, 0.29) is 18.4 Å². The van der Waals surface area contributed by atoms with E-state index in [2.05, 4.69) is 27.1 Å². The van der Waals surface area contributed by atoms with Crippen LogP contribution in [0.2, 0.25) is 0 Å². The molecular weight excluding hydrogens is 320 g/mol. The van der Waals surface area contributed by atoms with Crippen LogP contribution in [0.3, 0.4) is 0 Å². The van der Waals surface area contributed by atoms with Gasteiger partial charge in [-0.15, -0.1) is 12.4 Å². The number of nitrogens with one attached hydrogen (secondary N) is 1. The Morgan fingerprint density at radius 3 is 2.58 bits per heavy atom. The predicted octanol–water partition coefficient (Wildman–Crippen LogP) is 4.27. The summed E-state index contributed by atoms with van der Waals surface area (Å²) in [5.41, 5.74) is 9.95. The second-order valence-electron chi connectivity index (χ2n) is 5.71. The summed E-state index contributed by atoms with van der Waals surface area (Å²) in [6.07, 6.45) is 4.01. The minimum atomic E-state index is 0. The molecule has 0 saturated heterocycles. The molecule has 0 fully saturated rings. The van der Waals surface area contributed by atoms with Gasteiger partial charge in [-0.05, 0) is 43.7 Å². The zero-order chi connectivity index (χ0) is 16.2. The first-order valence-corrected chi connectivity index (χ1v) is 7.68. The lowest BCUT2D eigenvalue weighted by molar-refractivity contribution is 0.834. The Bertz CT molecular complexity index is 863. The molecule has 0 radical (unpaired) electrons. The molecular formula is C19H21ClN4. The highest BCUT2D eigenvalue weighted by molar-refractivity contribution is 6.00. The van der Waals surface area contributed by atoms with Crippen LogP contribution in [0.25, 0.3) is 23.2 Å². The van der Waals surface area contributed by atoms with Crippen molar-refractivity contribution in [3.63, 3.8) is 0 Å². The fourth-order valence-corrected chi connectivity index (χ4v) is 2.36. The van der Waals surface area contributed by atoms with E-state index >= 15 is 0 Å². The molecule has 4 nitrogen and oxygen atoms in total. The quantitative estimate of drug-likeness (QED) is 0.550. The lowest BCUT2D eigenvalue weighted by Crippen LogP contribution is -2.15. The maximum absolute atomic E-state index is 6.03. The van der Waals surface area contributed by atoms with Crippen molar-refractivity contribution in [2.24, 2.45) is 10.7 Å². The van der Waals surface area contributed by atoms with E-state index in [1.165, 1.54) is 0 Å². The molecule has 0 spiro atoms. The first kappa shape index (κ1) is 17.8. The Labute approximate surface area is 147 Å². The number of rotatable bonds is 4. The molecule has 24 heavy (non-hydrogen) atoms. The van der Waals surface area contributed by atoms with E-state index in [0.29, 0.717) is 5.84 Å². The van der Waals surface area contributed by atoms with Gasteiger partial charge in [0.15, 0.2) is 0 Å². The lowest BCUT2D eigenvalue weighted by atomic mass is 10.2. The first-order valence-electron chi connectivity index (χ1n) is 7.68. The lowest BCUT2D eigenvalue weighted by Gasteiger charge is -2.03. The Morgan fingerprint density at radius 1 is 1.12 bits per heavy atom. The van der Waals surface area contributed by atoms with Gasteiger partial charge < -0.3 is 10.7 Å². The van der Waals surface area contributed by atoms with Crippen LogP contribution < -0.4 is 5.73 Å². The Morgan fingerprint density at radius 2 is 1.88 bits per heavy atom. The highest BCUT2D eigenvalue weighted by Gasteiger charge is 2.05. The van der Waals surface area contributed by atoms with Gasteiger partial charge in [0, 0.05) is 11.6 Å². The van der Waals surface area contributed by atoms with Gasteiger partial charge in [-0.25, -0.2) is 4.98 Å². The van der Waals surface area contributed by atoms with Crippen molar-refractivity contribution >= 4 is 41.4 Å². The number of aromatic amines is 1. The summed E-state index contributed by atoms with van der Waals surface area (Å²) in [4.78, 5) is 12.3. The summed E-state index contributed by atoms with van der Waals surface area (Å²) >= 11 is 0. The van der Waals surface area contributed by atoms with Crippen LogP contribution in [0.15, 0.2) is 53.5 Å². The second-order valence-corrected chi connectivity index (χ2v) is 5.71. The van der Waals surface area contributed by atoms with Crippen molar-refractivity contribution in [2.75, 3.05) is 0 Å². The number of aromatic nitrogens is 2. The van der Waals surface area contributed by atoms with E-state index in [1.54, 1.807) is 0 Å². The Hall–Kier alpha value is -2.59. The number of fused-ring (bicyclic) bond motifs is 1. The molecule has 3 N–H and O–H groups in total. The Kier molecular flexibility index (Phi) is 5.77. The van der Waals surface area contributed by atoms with Crippen LogP contribution in [0.1, 0.15) is 30.8 Å². The maximum atomic E-state index is 6.03. The second kappa shape index (κ2) is 7.79. The van der Waals surface area contributed by atoms with Gasteiger partial charge in [-0.2, -0.15) is 0 Å². The minimum absolute atomic E-state index is 0. The highest BCUT2D eigenvalue weighted by atomic mass is 35.5. The Balaban J connectivity index is 0.00000208. The van der Waals surface area contributed by atoms with Gasteiger partial charge in [0.1, 0.15) is 11.7 Å². The molecule has 1 aromatic heterocycles. The van der Waals surface area contributed by atoms with E-state index in [0.717, 1.165) is 28.0 Å². The number of nitrogens with two attached hydrogens (primary N) is 1. The van der Waals surface area contributed by atoms with E-state index in [9.17, 15) is 0 Å². The summed E-state index contributed by atoms with van der Waals surface area (Å²) < 4.78 is 0. The third kappa shape index (κ3) is 4.24. The van der Waals surface area contributed by atoms with Gasteiger partial charge in [-0.3, -0.25) is 4.99 Å². The molecule has 3 rings (SSSR count). The number of halogens is 1. The van der Waals surface area contributed by atoms with Crippen LogP contribution in [0, 0.1) is 0 Å². The molecule has 5 heteroatoms. The average molecular weight is 341 g/mol. The van der Waals surface area contributed by atoms with Gasteiger partial charge in [-0.1, -0.05) is 36.4 Å². The molecule has 3 aromatic rings. The predicted molar refractivity (Wildman–Crippen MR) is 105 cm³/mol. The maximum Gasteiger partial charge on any atom is 0.131 e. The SMILES string of the molecule is CC(C)N=C(N)c1ccc2nc(/C=C/c3ccccc3)[nH]c2c1.Cl. The first-order chi connectivity index (χ1) is 11.1. The minimum Gasteiger partial charge on any atom is -0.383 e. The molecule has 0 aliphatic carbocycles. The zero-order valence-corrected chi connectivity index (χ0v) is 14.5. The van der Waals surface area contributed by atoms with Crippen LogP contribution in [0.5, 0.6) is 0 Å². The number of aliphatic imine (C=N–C) groups is 1. The average Bonchev–Trinajstić information content (AvgIpc) is 2.95. The summed E-state index contributed by atoms with van der Waals surface area (Å²) in [5, 5.41) is 0. The molecule has 1 heterocycles. The summed E-state index contributed by atoms with van der Waals surface area (Å²) in [6, 6.07) is 16.2. The van der Waals surface area contributed by atoms with Crippen LogP contribution in [-0.4, -0.2) is 21.8 Å². The third-order valence-electron chi connectivity index (χ3n) is 3.43. The van der Waals surface area contributed by atoms with Crippen LogP contribution in [0.4, 0.5) is 0 Å². The summed E-state index contributed by atoms with van der Waals surface area (Å²) in [5.74, 6) is 1.37. The third-order valence-corrected chi connectivity index (χ3v) is 3.43. The van der Waals surface area contributed by atoms with Crippen LogP contribution in [-0.2, 0) is 0 Å². The number of hydrogen-bond donors (Lipinski definition) is 2. The summed E-state index contributed by atoms with van der Waals surface area (Å²) in [6.45, 7) is 4.02. The fraction of sp³-hybridized carbons (Fsp3) is 0.158. The number of imidazole rings is 1. The van der Waals surface area contributed by atoms with E-state index in [4.69, 9.17) is 5.73 Å². The van der Waals surface area contributed by atoms with Crippen molar-refractivity contribution in [3.05, 3.63) is 65.5 Å². The number of amidine groups is 1. The van der Waals surface area contributed by atoms with Crippen molar-refractivity contribution < 1.29 is 0 Å². The van der Waals surface area contributed by atoms with Crippen LogP contribution >= 0.6 is 12.4 Å². The summed E-state index contributed by atoms with van der Waals surface area (Å²) in [7, 11) is 0. The van der Waals surface area contributed by atoms with Gasteiger partial charge in [0.25, 0.3) is 0 Å². The molecule has 0 amide bonds. The monoisotopic (exact) mass is 340 g/mol. The van der Waals surface area contributed by atoms with Gasteiger partial charge in [0.05, 0.1) is 11.0 Å². The largest absolute Gasteiger partial charge is 0.383 e. The van der Waals surface area contributed by atoms with E-state index in [1.807, 2.05) is 62.4 Å². The molecule has 124 valence electrons. The number of hydrogen-bond acceptors (Lipinski definition) is 2. The number of benzene rings is 2. The zero-order valence-electron chi connectivity index (χ0n) is 13.7. The standard InChI is InChI=1S/C19H20N4.ClH/c1-13(2)21-19(20)15-9-10-16-17(12-15)23-18(22-16)11-8-14-6-4-3-5-7-14;/h3-13H,1-2H3,(H2,20,21)(H,22,23);1H/b11-8+;. The molecule has 2 aromatic carbocycles. The molecule has 0 atom stereocenters. The fourth-order valence-electron chi connectivity index (χ4n) is 2.36. The number of H-pyrrole nitrogens is 1. The highest BCUT2D eigenvalue weighted by Crippen LogP contribution is 2.15. The molecule has 0 aliphatic heterocycles. The molecule has 0 bridgehead atoms. The van der Waals surface area contributed by atoms with Gasteiger partial charge in [0.2, 0.25) is 0 Å². The molecule has 0 saturated carbocycles. The van der Waals surface area contributed by atoms with Crippen molar-refractivity contribution in [2.45, 2.75) is 19.9 Å². The van der Waals surface area contributed by atoms with Crippen molar-refractivity contribution in [1.82, 2.24) is 9.97 Å². The van der Waals surface area contributed by atoms with Crippen molar-refractivity contribution in [1.29, 1.82) is 0 Å². The normalized spacial score (nSPS) is 12.0. The molecule has 0 aliphatic rings. The molecule has 0 unspecified atom stereocenters. The van der Waals surface area contributed by atoms with E-state index < -0.39 is 0 Å². The topological polar surface area (TPSA) is 67.1 Å². The smallest absolute Gasteiger partial charge is 0.131 e.